The number of nitrogens with zero attached hydrogens (tertiary/aromatic N) is 4. The average Bonchev–Trinajstić information content (AvgIpc) is 2.80. The van der Waals surface area contributed by atoms with Crippen molar-refractivity contribution in [3.05, 3.63) is 65.0 Å². The molecule has 0 unspecified atom stereocenters. The summed E-state index contributed by atoms with van der Waals surface area (Å²) in [6, 6.07) is 13.3. The van der Waals surface area contributed by atoms with E-state index in [0.29, 0.717) is 32.3 Å². The zero-order valence-electron chi connectivity index (χ0n) is 18.4. The second kappa shape index (κ2) is 9.60. The highest BCUT2D eigenvalue weighted by molar-refractivity contribution is 5.95. The third-order valence-corrected chi connectivity index (χ3v) is 6.27. The van der Waals surface area contributed by atoms with Crippen LogP contribution in [0.5, 0.6) is 0 Å². The molecule has 0 aromatic heterocycles. The first-order valence-electron chi connectivity index (χ1n) is 11.3. The van der Waals surface area contributed by atoms with Crippen LogP contribution in [0.1, 0.15) is 48.2 Å². The summed E-state index contributed by atoms with van der Waals surface area (Å²) in [7, 11) is 0. The molecule has 31 heavy (non-hydrogen) atoms. The van der Waals surface area contributed by atoms with Crippen LogP contribution in [0.3, 0.4) is 0 Å². The highest BCUT2D eigenvalue weighted by Crippen LogP contribution is 2.25. The van der Waals surface area contributed by atoms with Crippen molar-refractivity contribution < 1.29 is 9.18 Å². The standard InChI is InChI=1S/C25H31FN4O/c1-3-11-28-12-13-29(17-21(28)4-2)25(31)22-14-19(9-10-23(22)26)16-30-18-27-15-20-7-5-6-8-24(20)30/h5-10,14-15,21H,3-4,11-13,16-18H2,1-2H3/t21-/m0/s1. The molecule has 2 aromatic rings. The van der Waals surface area contributed by atoms with Gasteiger partial charge in [-0.2, -0.15) is 0 Å². The number of halogens is 1. The molecule has 1 amide bonds. The lowest BCUT2D eigenvalue weighted by molar-refractivity contribution is 0.0471. The van der Waals surface area contributed by atoms with Gasteiger partial charge in [-0.1, -0.05) is 38.1 Å². The molecule has 2 aliphatic heterocycles. The number of carbonyl (C=O) groups is 1. The quantitative estimate of drug-likeness (QED) is 0.702. The third kappa shape index (κ3) is 4.64. The van der Waals surface area contributed by atoms with E-state index in [1.54, 1.807) is 12.1 Å². The molecule has 0 aliphatic carbocycles. The Kier molecular flexibility index (Phi) is 6.66. The minimum atomic E-state index is -0.449. The number of carbonyl (C=O) groups excluding carboxylic acids is 1. The van der Waals surface area contributed by atoms with Gasteiger partial charge in [0.05, 0.1) is 5.56 Å². The molecule has 2 aliphatic rings. The number of rotatable bonds is 6. The first kappa shape index (κ1) is 21.5. The van der Waals surface area contributed by atoms with E-state index in [4.69, 9.17) is 0 Å². The number of benzene rings is 2. The fraction of sp³-hybridized carbons (Fsp3) is 0.440. The Hall–Kier alpha value is -2.73. The predicted octanol–water partition coefficient (Wildman–Crippen LogP) is 4.17. The number of piperazine rings is 1. The molecule has 0 N–H and O–H groups in total. The summed E-state index contributed by atoms with van der Waals surface area (Å²) in [5.74, 6) is -0.652. The number of fused-ring (bicyclic) bond motifs is 1. The first-order chi connectivity index (χ1) is 15.1. The van der Waals surface area contributed by atoms with Crippen molar-refractivity contribution in [2.75, 3.05) is 37.7 Å². The Bertz CT molecular complexity index is 960. The second-order valence-electron chi connectivity index (χ2n) is 8.37. The highest BCUT2D eigenvalue weighted by Gasteiger charge is 2.29. The van der Waals surface area contributed by atoms with Crippen LogP contribution in [0.25, 0.3) is 0 Å². The second-order valence-corrected chi connectivity index (χ2v) is 8.37. The SMILES string of the molecule is CCCN1CCN(C(=O)c2cc(CN3CN=Cc4ccccc43)ccc2F)C[C@@H]1CC. The van der Waals surface area contributed by atoms with Gasteiger partial charge < -0.3 is 9.80 Å². The normalized spacial score (nSPS) is 18.9. The van der Waals surface area contributed by atoms with E-state index < -0.39 is 5.82 Å². The monoisotopic (exact) mass is 422 g/mol. The summed E-state index contributed by atoms with van der Waals surface area (Å²) in [6.45, 7) is 8.66. The molecule has 1 saturated heterocycles. The molecule has 2 aromatic carbocycles. The van der Waals surface area contributed by atoms with Crippen LogP contribution >= 0.6 is 0 Å². The number of hydrogen-bond acceptors (Lipinski definition) is 4. The molecular weight excluding hydrogens is 391 g/mol. The van der Waals surface area contributed by atoms with Crippen LogP contribution in [0.4, 0.5) is 10.1 Å². The zero-order chi connectivity index (χ0) is 21.8. The van der Waals surface area contributed by atoms with Gasteiger partial charge in [-0.15, -0.1) is 0 Å². The first-order valence-corrected chi connectivity index (χ1v) is 11.3. The third-order valence-electron chi connectivity index (χ3n) is 6.27. The fourth-order valence-corrected chi connectivity index (χ4v) is 4.61. The predicted molar refractivity (Wildman–Crippen MR) is 123 cm³/mol. The summed E-state index contributed by atoms with van der Waals surface area (Å²) < 4.78 is 14.7. The number of hydrogen-bond donors (Lipinski definition) is 0. The maximum atomic E-state index is 14.7. The number of anilines is 1. The topological polar surface area (TPSA) is 39.1 Å². The molecule has 1 fully saturated rings. The molecule has 1 atom stereocenters. The molecule has 164 valence electrons. The maximum Gasteiger partial charge on any atom is 0.256 e. The molecule has 4 rings (SSSR count). The van der Waals surface area contributed by atoms with Gasteiger partial charge in [0.25, 0.3) is 5.91 Å². The van der Waals surface area contributed by atoms with Crippen molar-refractivity contribution in [2.24, 2.45) is 4.99 Å². The Balaban J connectivity index is 1.51. The van der Waals surface area contributed by atoms with Crippen molar-refractivity contribution in [1.82, 2.24) is 9.80 Å². The van der Waals surface area contributed by atoms with Crippen molar-refractivity contribution >= 4 is 17.8 Å². The molecule has 5 nitrogen and oxygen atoms in total. The van der Waals surface area contributed by atoms with Gasteiger partial charge in [-0.3, -0.25) is 14.7 Å². The van der Waals surface area contributed by atoms with Crippen molar-refractivity contribution in [3.8, 4) is 0 Å². The lowest BCUT2D eigenvalue weighted by Crippen LogP contribution is -2.54. The van der Waals surface area contributed by atoms with Crippen LogP contribution in [0.2, 0.25) is 0 Å². The van der Waals surface area contributed by atoms with Gasteiger partial charge in [-0.25, -0.2) is 4.39 Å². The zero-order valence-corrected chi connectivity index (χ0v) is 18.4. The molecule has 0 bridgehead atoms. The smallest absolute Gasteiger partial charge is 0.256 e. The number of amides is 1. The van der Waals surface area contributed by atoms with Crippen LogP contribution in [-0.2, 0) is 6.54 Å². The Labute approximate surface area is 184 Å². The summed E-state index contributed by atoms with van der Waals surface area (Å²) in [5, 5.41) is 0. The average molecular weight is 423 g/mol. The van der Waals surface area contributed by atoms with E-state index in [0.717, 1.165) is 42.7 Å². The van der Waals surface area contributed by atoms with Crippen LogP contribution in [-0.4, -0.2) is 60.8 Å². The largest absolute Gasteiger partial charge is 0.347 e. The van der Waals surface area contributed by atoms with Crippen molar-refractivity contribution in [1.29, 1.82) is 0 Å². The molecule has 0 radical (unpaired) electrons. The van der Waals surface area contributed by atoms with E-state index in [9.17, 15) is 9.18 Å². The maximum absolute atomic E-state index is 14.7. The van der Waals surface area contributed by atoms with Crippen LogP contribution < -0.4 is 4.90 Å². The van der Waals surface area contributed by atoms with Gasteiger partial charge in [0, 0.05) is 49.7 Å². The van der Waals surface area contributed by atoms with Gasteiger partial charge in [0.1, 0.15) is 12.5 Å². The fourth-order valence-electron chi connectivity index (χ4n) is 4.61. The lowest BCUT2D eigenvalue weighted by Gasteiger charge is -2.41. The molecule has 0 spiro atoms. The van der Waals surface area contributed by atoms with E-state index in [-0.39, 0.29) is 11.5 Å². The lowest BCUT2D eigenvalue weighted by atomic mass is 10.0. The number of para-hydroxylation sites is 1. The Morgan fingerprint density at radius 1 is 1.16 bits per heavy atom. The van der Waals surface area contributed by atoms with E-state index in [1.807, 2.05) is 29.3 Å². The Morgan fingerprint density at radius 3 is 2.81 bits per heavy atom. The van der Waals surface area contributed by atoms with Crippen molar-refractivity contribution in [3.63, 3.8) is 0 Å². The molecule has 2 heterocycles. The van der Waals surface area contributed by atoms with Gasteiger partial charge >= 0.3 is 0 Å². The molecule has 6 heteroatoms. The minimum Gasteiger partial charge on any atom is -0.347 e. The van der Waals surface area contributed by atoms with E-state index in [2.05, 4.69) is 34.7 Å². The molecule has 0 saturated carbocycles. The van der Waals surface area contributed by atoms with Gasteiger partial charge in [0.15, 0.2) is 0 Å². The number of aliphatic imine (C=N–C) groups is 1. The van der Waals surface area contributed by atoms with Gasteiger partial charge in [0.2, 0.25) is 0 Å². The van der Waals surface area contributed by atoms with E-state index in [1.165, 1.54) is 6.07 Å². The summed E-state index contributed by atoms with van der Waals surface area (Å²) in [4.78, 5) is 24.1. The molecular formula is C25H31FN4O. The minimum absolute atomic E-state index is 0.171. The highest BCUT2D eigenvalue weighted by atomic mass is 19.1. The summed E-state index contributed by atoms with van der Waals surface area (Å²) in [6.07, 6.45) is 3.97. The summed E-state index contributed by atoms with van der Waals surface area (Å²) >= 11 is 0. The van der Waals surface area contributed by atoms with Gasteiger partial charge in [-0.05, 0) is 43.1 Å². The Morgan fingerprint density at radius 2 is 2.00 bits per heavy atom. The van der Waals surface area contributed by atoms with Crippen LogP contribution in [0.15, 0.2) is 47.5 Å². The summed E-state index contributed by atoms with van der Waals surface area (Å²) in [5.41, 5.74) is 3.26. The van der Waals surface area contributed by atoms with Crippen LogP contribution in [0, 0.1) is 5.82 Å². The van der Waals surface area contributed by atoms with Crippen molar-refractivity contribution in [2.45, 2.75) is 39.3 Å². The van der Waals surface area contributed by atoms with E-state index >= 15 is 0 Å².